The van der Waals surface area contributed by atoms with Crippen molar-refractivity contribution in [2.45, 2.75) is 44.9 Å². The van der Waals surface area contributed by atoms with Crippen LogP contribution in [0.4, 0.5) is 4.39 Å². The molecule has 6 nitrogen and oxygen atoms in total. The molecule has 152 valence electrons. The van der Waals surface area contributed by atoms with E-state index in [1.807, 2.05) is 28.4 Å². The second-order valence-electron chi connectivity index (χ2n) is 8.12. The van der Waals surface area contributed by atoms with Gasteiger partial charge < -0.3 is 9.47 Å². The highest BCUT2D eigenvalue weighted by atomic mass is 32.2. The van der Waals surface area contributed by atoms with Gasteiger partial charge in [0.1, 0.15) is 18.2 Å². The minimum atomic E-state index is -2.89. The zero-order chi connectivity index (χ0) is 19.9. The fourth-order valence-corrected chi connectivity index (χ4v) is 6.06. The zero-order valence-corrected chi connectivity index (χ0v) is 17.6. The first-order valence-electron chi connectivity index (χ1n) is 9.73. The van der Waals surface area contributed by atoms with Crippen molar-refractivity contribution in [1.82, 2.24) is 14.3 Å². The normalized spacial score (nSPS) is 22.4. The molecule has 1 aromatic carbocycles. The van der Waals surface area contributed by atoms with E-state index in [0.29, 0.717) is 30.3 Å². The first-order valence-corrected chi connectivity index (χ1v) is 12.0. The largest absolute Gasteiger partial charge is 0.310 e. The number of quaternary nitrogens is 1. The molecule has 2 fully saturated rings. The number of halogens is 1. The summed E-state index contributed by atoms with van der Waals surface area (Å²) in [6.07, 6.45) is 3.71. The molecule has 1 saturated heterocycles. The topological polar surface area (TPSA) is 61.3 Å². The molecule has 1 aromatic heterocycles. The maximum absolute atomic E-state index is 13.2. The van der Waals surface area contributed by atoms with Gasteiger partial charge in [0, 0.05) is 31.9 Å². The van der Waals surface area contributed by atoms with Gasteiger partial charge in [0.15, 0.2) is 16.5 Å². The lowest BCUT2D eigenvalue weighted by Gasteiger charge is -2.19. The van der Waals surface area contributed by atoms with Gasteiger partial charge in [-0.15, -0.1) is 0 Å². The fraction of sp³-hybridized carbons (Fsp3) is 0.579. The standard InChI is InChI=1S/C19H25FN4O2S2/c1-22-18(10-15-8-9-28(25,26)12-15)21-24(19(22)27)13-23(17-6-7-17)11-14-2-4-16(20)5-3-14/h2-5,15,17H,6-13H2,1H3/p+1/t15-/m1/s1. The summed E-state index contributed by atoms with van der Waals surface area (Å²) in [7, 11) is -0.988. The van der Waals surface area contributed by atoms with Crippen LogP contribution in [0, 0.1) is 16.5 Å². The Balaban J connectivity index is 1.48. The number of sulfone groups is 1. The van der Waals surface area contributed by atoms with Crippen LogP contribution in [0.1, 0.15) is 30.7 Å². The third kappa shape index (κ3) is 4.52. The Hall–Kier alpha value is -1.58. The Morgan fingerprint density at radius 1 is 1.25 bits per heavy atom. The van der Waals surface area contributed by atoms with E-state index in [4.69, 9.17) is 17.3 Å². The van der Waals surface area contributed by atoms with Crippen LogP contribution in [0.15, 0.2) is 24.3 Å². The van der Waals surface area contributed by atoms with Gasteiger partial charge in [0.25, 0.3) is 0 Å². The molecular weight excluding hydrogens is 399 g/mol. The highest BCUT2D eigenvalue weighted by Gasteiger charge is 2.34. The van der Waals surface area contributed by atoms with Gasteiger partial charge in [-0.05, 0) is 36.7 Å². The summed E-state index contributed by atoms with van der Waals surface area (Å²) in [5.74, 6) is 1.28. The van der Waals surface area contributed by atoms with E-state index < -0.39 is 9.84 Å². The molecule has 0 amide bonds. The molecule has 2 aliphatic rings. The molecule has 1 aliphatic carbocycles. The molecule has 1 N–H and O–H groups in total. The molecule has 1 aliphatic heterocycles. The number of hydrogen-bond acceptors (Lipinski definition) is 4. The zero-order valence-electron chi connectivity index (χ0n) is 16.0. The van der Waals surface area contributed by atoms with E-state index in [2.05, 4.69) is 0 Å². The van der Waals surface area contributed by atoms with Crippen molar-refractivity contribution in [1.29, 1.82) is 0 Å². The van der Waals surface area contributed by atoms with Crippen molar-refractivity contribution in [2.75, 3.05) is 11.5 Å². The Morgan fingerprint density at radius 3 is 2.57 bits per heavy atom. The summed E-state index contributed by atoms with van der Waals surface area (Å²) in [6.45, 7) is 1.47. The summed E-state index contributed by atoms with van der Waals surface area (Å²) in [4.78, 5) is 1.37. The van der Waals surface area contributed by atoms with Crippen LogP contribution in [0.25, 0.3) is 0 Å². The van der Waals surface area contributed by atoms with E-state index >= 15 is 0 Å². The van der Waals surface area contributed by atoms with Crippen molar-refractivity contribution in [3.8, 4) is 0 Å². The fourth-order valence-electron chi connectivity index (χ4n) is 3.98. The number of benzene rings is 1. The molecule has 2 heterocycles. The monoisotopic (exact) mass is 425 g/mol. The van der Waals surface area contributed by atoms with Crippen LogP contribution in [0.2, 0.25) is 0 Å². The highest BCUT2D eigenvalue weighted by Crippen LogP contribution is 2.22. The van der Waals surface area contributed by atoms with Crippen molar-refractivity contribution in [2.24, 2.45) is 13.0 Å². The smallest absolute Gasteiger partial charge is 0.202 e. The van der Waals surface area contributed by atoms with E-state index in [1.165, 1.54) is 29.9 Å². The summed E-state index contributed by atoms with van der Waals surface area (Å²) >= 11 is 5.59. The lowest BCUT2D eigenvalue weighted by molar-refractivity contribution is -0.947. The SMILES string of the molecule is Cn1c(C[C@H]2CCS(=O)(=O)C2)nn(C[NH+](Cc2ccc(F)cc2)C2CC2)c1=S. The minimum absolute atomic E-state index is 0.125. The molecule has 0 spiro atoms. The second-order valence-corrected chi connectivity index (χ2v) is 10.7. The number of hydrogen-bond donors (Lipinski definition) is 1. The number of rotatable bonds is 7. The van der Waals surface area contributed by atoms with E-state index in [9.17, 15) is 12.8 Å². The Bertz CT molecular complexity index is 1010. The lowest BCUT2D eigenvalue weighted by Crippen LogP contribution is -3.11. The van der Waals surface area contributed by atoms with Crippen molar-refractivity contribution in [3.05, 3.63) is 46.2 Å². The Kier molecular flexibility index (Phi) is 5.41. The number of nitrogens with zero attached hydrogens (tertiary/aromatic N) is 3. The van der Waals surface area contributed by atoms with Crippen LogP contribution in [-0.2, 0) is 36.5 Å². The minimum Gasteiger partial charge on any atom is -0.310 e. The molecule has 28 heavy (non-hydrogen) atoms. The Morgan fingerprint density at radius 2 is 1.96 bits per heavy atom. The van der Waals surface area contributed by atoms with Gasteiger partial charge in [0.2, 0.25) is 4.77 Å². The molecule has 1 saturated carbocycles. The summed E-state index contributed by atoms with van der Waals surface area (Å²) in [5, 5.41) is 4.73. The molecule has 2 atom stereocenters. The maximum Gasteiger partial charge on any atom is 0.202 e. The Labute approximate surface area is 169 Å². The second kappa shape index (κ2) is 7.68. The van der Waals surface area contributed by atoms with Crippen LogP contribution in [-0.4, -0.2) is 40.3 Å². The van der Waals surface area contributed by atoms with Gasteiger partial charge in [0.05, 0.1) is 17.5 Å². The van der Waals surface area contributed by atoms with Gasteiger partial charge in [-0.1, -0.05) is 12.1 Å². The molecule has 2 aromatic rings. The predicted octanol–water partition coefficient (Wildman–Crippen LogP) is 1.27. The van der Waals surface area contributed by atoms with Crippen LogP contribution < -0.4 is 4.90 Å². The first kappa shape index (κ1) is 19.7. The number of aromatic nitrogens is 3. The van der Waals surface area contributed by atoms with Crippen molar-refractivity contribution < 1.29 is 17.7 Å². The average molecular weight is 426 g/mol. The van der Waals surface area contributed by atoms with Crippen LogP contribution >= 0.6 is 12.2 Å². The third-order valence-electron chi connectivity index (χ3n) is 5.78. The van der Waals surface area contributed by atoms with E-state index in [1.54, 1.807) is 0 Å². The molecule has 0 bridgehead atoms. The first-order chi connectivity index (χ1) is 13.3. The van der Waals surface area contributed by atoms with Gasteiger partial charge in [-0.2, -0.15) is 9.78 Å². The molecule has 4 rings (SSSR count). The molecular formula is C19H26FN4O2S2+. The maximum atomic E-state index is 13.2. The summed E-state index contributed by atoms with van der Waals surface area (Å²) in [5.41, 5.74) is 1.10. The van der Waals surface area contributed by atoms with Crippen LogP contribution in [0.5, 0.6) is 0 Å². The highest BCUT2D eigenvalue weighted by molar-refractivity contribution is 7.91. The lowest BCUT2D eigenvalue weighted by atomic mass is 10.1. The van der Waals surface area contributed by atoms with Gasteiger partial charge in [-0.3, -0.25) is 0 Å². The molecule has 0 radical (unpaired) electrons. The molecule has 1 unspecified atom stereocenters. The van der Waals surface area contributed by atoms with Crippen LogP contribution in [0.3, 0.4) is 0 Å². The summed E-state index contributed by atoms with van der Waals surface area (Å²) in [6, 6.07) is 7.25. The van der Waals surface area contributed by atoms with E-state index in [0.717, 1.165) is 17.9 Å². The molecule has 9 heteroatoms. The van der Waals surface area contributed by atoms with Gasteiger partial charge in [-0.25, -0.2) is 12.8 Å². The average Bonchev–Trinajstić information content (AvgIpc) is 3.39. The predicted molar refractivity (Wildman–Crippen MR) is 107 cm³/mol. The van der Waals surface area contributed by atoms with Crippen molar-refractivity contribution in [3.63, 3.8) is 0 Å². The van der Waals surface area contributed by atoms with Crippen molar-refractivity contribution >= 4 is 22.1 Å². The third-order valence-corrected chi connectivity index (χ3v) is 8.10. The number of nitrogens with one attached hydrogen (secondary N) is 1. The van der Waals surface area contributed by atoms with Gasteiger partial charge >= 0.3 is 0 Å². The van der Waals surface area contributed by atoms with E-state index in [-0.39, 0.29) is 23.2 Å². The quantitative estimate of drug-likeness (QED) is 0.679. The summed E-state index contributed by atoms with van der Waals surface area (Å²) < 4.78 is 41.1.